The Bertz CT molecular complexity index is 442. The maximum Gasteiger partial charge on any atom is 0.410 e. The van der Waals surface area contributed by atoms with Gasteiger partial charge >= 0.3 is 6.09 Å². The summed E-state index contributed by atoms with van der Waals surface area (Å²) in [7, 11) is 0. The van der Waals surface area contributed by atoms with Crippen molar-refractivity contribution in [3.05, 3.63) is 0 Å². The number of amides is 1. The number of hydrogen-bond donors (Lipinski definition) is 1. The van der Waals surface area contributed by atoms with Crippen LogP contribution < -0.4 is 5.32 Å². The molecule has 0 radical (unpaired) electrons. The lowest BCUT2D eigenvalue weighted by molar-refractivity contribution is 0.0137. The maximum atomic E-state index is 12.2. The third kappa shape index (κ3) is 5.88. The second-order valence-electron chi connectivity index (χ2n) is 6.87. The molecule has 134 valence electrons. The largest absolute Gasteiger partial charge is 0.444 e. The first kappa shape index (κ1) is 20.7. The van der Waals surface area contributed by atoms with E-state index < -0.39 is 5.60 Å². The van der Waals surface area contributed by atoms with E-state index in [1.165, 1.54) is 0 Å². The lowest BCUT2D eigenvalue weighted by Gasteiger charge is -2.39. The first-order valence-corrected chi connectivity index (χ1v) is 9.14. The monoisotopic (exact) mass is 456 g/mol. The van der Waals surface area contributed by atoms with Gasteiger partial charge in [0.25, 0.3) is 0 Å². The lowest BCUT2D eigenvalue weighted by atomic mass is 10.2. The predicted octanol–water partition coefficient (Wildman–Crippen LogP) is 2.24. The Morgan fingerprint density at radius 2 is 2.17 bits per heavy atom. The quantitative estimate of drug-likeness (QED) is 0.661. The van der Waals surface area contributed by atoms with Crippen LogP contribution >= 0.6 is 35.7 Å². The molecule has 2 heterocycles. The molecule has 0 aromatic heterocycles. The number of rotatable bonds is 3. The minimum absolute atomic E-state index is 0. The van der Waals surface area contributed by atoms with Crippen LogP contribution in [0.15, 0.2) is 4.99 Å². The van der Waals surface area contributed by atoms with Crippen molar-refractivity contribution in [3.63, 3.8) is 0 Å². The van der Waals surface area contributed by atoms with Gasteiger partial charge in [0.05, 0.1) is 12.6 Å². The number of thioether (sulfide) groups is 1. The number of ether oxygens (including phenoxy) is 1. The Labute approximate surface area is 160 Å². The van der Waals surface area contributed by atoms with Crippen LogP contribution in [0.2, 0.25) is 0 Å². The highest BCUT2D eigenvalue weighted by molar-refractivity contribution is 14.0. The van der Waals surface area contributed by atoms with Crippen LogP contribution in [0.4, 0.5) is 4.79 Å². The van der Waals surface area contributed by atoms with E-state index in [4.69, 9.17) is 4.74 Å². The van der Waals surface area contributed by atoms with E-state index in [1.807, 2.05) is 32.5 Å². The normalized spacial score (nSPS) is 22.0. The lowest BCUT2D eigenvalue weighted by Crippen LogP contribution is -2.57. The summed E-state index contributed by atoms with van der Waals surface area (Å²) in [6.07, 6.45) is 1.90. The van der Waals surface area contributed by atoms with Crippen molar-refractivity contribution < 1.29 is 9.53 Å². The summed E-state index contributed by atoms with van der Waals surface area (Å²) in [6.45, 7) is 11.7. The fourth-order valence-electron chi connectivity index (χ4n) is 2.54. The Morgan fingerprint density at radius 1 is 1.48 bits per heavy atom. The summed E-state index contributed by atoms with van der Waals surface area (Å²) < 4.78 is 5.46. The second-order valence-corrected chi connectivity index (χ2v) is 8.14. The highest BCUT2D eigenvalue weighted by atomic mass is 127. The molecule has 0 bridgehead atoms. The number of nitrogens with zero attached hydrogens (tertiary/aromatic N) is 3. The minimum atomic E-state index is -0.443. The van der Waals surface area contributed by atoms with Gasteiger partial charge in [0.1, 0.15) is 5.60 Å². The van der Waals surface area contributed by atoms with Crippen molar-refractivity contribution >= 4 is 47.8 Å². The van der Waals surface area contributed by atoms with Crippen LogP contribution in [-0.4, -0.2) is 77.7 Å². The number of carbonyl (C=O) groups is 1. The van der Waals surface area contributed by atoms with E-state index in [1.54, 1.807) is 4.90 Å². The first-order chi connectivity index (χ1) is 10.3. The molecule has 0 saturated carbocycles. The summed E-state index contributed by atoms with van der Waals surface area (Å²) >= 11 is 1.84. The van der Waals surface area contributed by atoms with Gasteiger partial charge in [0.15, 0.2) is 5.96 Å². The van der Waals surface area contributed by atoms with Crippen molar-refractivity contribution in [1.29, 1.82) is 0 Å². The van der Waals surface area contributed by atoms with Gasteiger partial charge in [-0.2, -0.15) is 11.8 Å². The topological polar surface area (TPSA) is 57.2 Å². The Balaban J connectivity index is 0.00000264. The summed E-state index contributed by atoms with van der Waals surface area (Å²) in [5.74, 6) is 0.981. The number of halogens is 1. The van der Waals surface area contributed by atoms with E-state index in [-0.39, 0.29) is 36.1 Å². The molecule has 0 aromatic carbocycles. The SMILES string of the molecule is CSC(C)CNC1=NCC2CN(C(=O)OC(C)(C)C)CCN12.I. The van der Waals surface area contributed by atoms with Crippen molar-refractivity contribution in [3.8, 4) is 0 Å². The van der Waals surface area contributed by atoms with E-state index in [0.29, 0.717) is 18.3 Å². The van der Waals surface area contributed by atoms with Gasteiger partial charge in [-0.3, -0.25) is 4.99 Å². The molecule has 8 heteroatoms. The maximum absolute atomic E-state index is 12.2. The van der Waals surface area contributed by atoms with Crippen LogP contribution in [0.5, 0.6) is 0 Å². The third-order valence-corrected chi connectivity index (χ3v) is 4.78. The molecule has 23 heavy (non-hydrogen) atoms. The summed E-state index contributed by atoms with van der Waals surface area (Å²) in [5, 5.41) is 3.99. The van der Waals surface area contributed by atoms with Crippen molar-refractivity contribution in [2.45, 2.75) is 44.6 Å². The van der Waals surface area contributed by atoms with Gasteiger partial charge in [0, 0.05) is 31.4 Å². The molecule has 1 amide bonds. The standard InChI is InChI=1S/C15H28N4O2S.HI/c1-11(22-5)8-16-13-17-9-12-10-18(6-7-19(12)13)14(20)21-15(2,3)4;/h11-12H,6-10H2,1-5H3,(H,16,17);1H. The third-order valence-electron chi connectivity index (χ3n) is 3.81. The fraction of sp³-hybridized carbons (Fsp3) is 0.867. The molecule has 0 spiro atoms. The molecule has 1 fully saturated rings. The van der Waals surface area contributed by atoms with E-state index in [2.05, 4.69) is 28.4 Å². The molecule has 0 aliphatic carbocycles. The highest BCUT2D eigenvalue weighted by Gasteiger charge is 2.36. The van der Waals surface area contributed by atoms with Crippen LogP contribution in [0, 0.1) is 0 Å². The Kier molecular flexibility index (Phi) is 7.76. The zero-order chi connectivity index (χ0) is 16.3. The average molecular weight is 456 g/mol. The second kappa shape index (κ2) is 8.64. The molecule has 2 aliphatic rings. The Morgan fingerprint density at radius 3 is 2.78 bits per heavy atom. The van der Waals surface area contributed by atoms with E-state index >= 15 is 0 Å². The van der Waals surface area contributed by atoms with Crippen molar-refractivity contribution in [1.82, 2.24) is 15.1 Å². The molecule has 2 rings (SSSR count). The summed E-state index contributed by atoms with van der Waals surface area (Å²) in [4.78, 5) is 20.9. The number of hydrogen-bond acceptors (Lipinski definition) is 6. The zero-order valence-corrected chi connectivity index (χ0v) is 17.8. The number of carbonyl (C=O) groups excluding carboxylic acids is 1. The van der Waals surface area contributed by atoms with E-state index in [9.17, 15) is 4.79 Å². The number of nitrogens with one attached hydrogen (secondary N) is 1. The zero-order valence-electron chi connectivity index (χ0n) is 14.7. The van der Waals surface area contributed by atoms with Gasteiger partial charge in [-0.1, -0.05) is 6.92 Å². The van der Waals surface area contributed by atoms with Gasteiger partial charge in [-0.25, -0.2) is 4.79 Å². The van der Waals surface area contributed by atoms with Crippen molar-refractivity contribution in [2.75, 3.05) is 39.0 Å². The van der Waals surface area contributed by atoms with Gasteiger partial charge < -0.3 is 19.9 Å². The van der Waals surface area contributed by atoms with Crippen LogP contribution in [0.3, 0.4) is 0 Å². The van der Waals surface area contributed by atoms with Crippen LogP contribution in [-0.2, 0) is 4.74 Å². The molecule has 0 aromatic rings. The number of guanidine groups is 1. The molecule has 2 atom stereocenters. The molecule has 1 saturated heterocycles. The number of aliphatic imine (C=N–C) groups is 1. The molecular formula is C15H29IN4O2S. The minimum Gasteiger partial charge on any atom is -0.444 e. The van der Waals surface area contributed by atoms with Crippen molar-refractivity contribution in [2.24, 2.45) is 4.99 Å². The number of fused-ring (bicyclic) bond motifs is 1. The van der Waals surface area contributed by atoms with Gasteiger partial charge in [-0.15, -0.1) is 24.0 Å². The molecule has 1 N–H and O–H groups in total. The predicted molar refractivity (Wildman–Crippen MR) is 107 cm³/mol. The van der Waals surface area contributed by atoms with Crippen LogP contribution in [0.1, 0.15) is 27.7 Å². The fourth-order valence-corrected chi connectivity index (χ4v) is 2.79. The Hall–Kier alpha value is -0.380. The molecule has 2 unspecified atom stereocenters. The van der Waals surface area contributed by atoms with Gasteiger partial charge in [0.2, 0.25) is 0 Å². The molecular weight excluding hydrogens is 427 g/mol. The summed E-state index contributed by atoms with van der Waals surface area (Å²) in [6, 6.07) is 0.272. The van der Waals surface area contributed by atoms with Crippen LogP contribution in [0.25, 0.3) is 0 Å². The highest BCUT2D eigenvalue weighted by Crippen LogP contribution is 2.18. The number of piperazine rings is 1. The smallest absolute Gasteiger partial charge is 0.410 e. The summed E-state index contributed by atoms with van der Waals surface area (Å²) in [5.41, 5.74) is -0.443. The molecule has 6 nitrogen and oxygen atoms in total. The van der Waals surface area contributed by atoms with Gasteiger partial charge in [-0.05, 0) is 27.0 Å². The molecule has 2 aliphatic heterocycles. The first-order valence-electron chi connectivity index (χ1n) is 7.86. The van der Waals surface area contributed by atoms with E-state index in [0.717, 1.165) is 25.6 Å². The average Bonchev–Trinajstić information content (AvgIpc) is 2.85.